The van der Waals surface area contributed by atoms with Crippen molar-refractivity contribution in [3.05, 3.63) is 15.8 Å². The summed E-state index contributed by atoms with van der Waals surface area (Å²) in [5, 5.41) is 0. The fourth-order valence-corrected chi connectivity index (χ4v) is 3.56. The average Bonchev–Trinajstić information content (AvgIpc) is 2.55. The van der Waals surface area contributed by atoms with Crippen LogP contribution >= 0.6 is 11.3 Å². The SMILES string of the molecule is CCC(=O)NNS(=O)(=O)c1cc(C)sc1C. The van der Waals surface area contributed by atoms with E-state index >= 15 is 0 Å². The molecule has 0 atom stereocenters. The van der Waals surface area contributed by atoms with E-state index in [2.05, 4.69) is 10.3 Å². The van der Waals surface area contributed by atoms with E-state index in [1.54, 1.807) is 19.9 Å². The summed E-state index contributed by atoms with van der Waals surface area (Å²) in [7, 11) is -3.65. The largest absolute Gasteiger partial charge is 0.278 e. The monoisotopic (exact) mass is 262 g/mol. The topological polar surface area (TPSA) is 75.3 Å². The molecular weight excluding hydrogens is 248 g/mol. The van der Waals surface area contributed by atoms with E-state index < -0.39 is 10.0 Å². The van der Waals surface area contributed by atoms with Gasteiger partial charge in [-0.3, -0.25) is 10.2 Å². The molecule has 1 amide bonds. The summed E-state index contributed by atoms with van der Waals surface area (Å²) in [4.78, 5) is 14.8. The molecule has 90 valence electrons. The van der Waals surface area contributed by atoms with Crippen LogP contribution in [0.15, 0.2) is 11.0 Å². The number of sulfonamides is 1. The van der Waals surface area contributed by atoms with Gasteiger partial charge in [0.1, 0.15) is 0 Å². The molecule has 0 fully saturated rings. The number of rotatable bonds is 4. The highest BCUT2D eigenvalue weighted by Gasteiger charge is 2.19. The van der Waals surface area contributed by atoms with Gasteiger partial charge in [0, 0.05) is 16.2 Å². The smallest absolute Gasteiger partial charge is 0.258 e. The Morgan fingerprint density at radius 3 is 2.50 bits per heavy atom. The minimum absolute atomic E-state index is 0.214. The van der Waals surface area contributed by atoms with Crippen molar-refractivity contribution in [3.63, 3.8) is 0 Å². The molecule has 0 saturated carbocycles. The second-order valence-electron chi connectivity index (χ2n) is 3.28. The molecule has 1 aromatic rings. The van der Waals surface area contributed by atoms with Crippen LogP contribution in [0.1, 0.15) is 23.1 Å². The third-order valence-electron chi connectivity index (χ3n) is 1.93. The van der Waals surface area contributed by atoms with Crippen LogP contribution in [0.5, 0.6) is 0 Å². The van der Waals surface area contributed by atoms with Gasteiger partial charge in [0.15, 0.2) is 0 Å². The zero-order chi connectivity index (χ0) is 12.3. The van der Waals surface area contributed by atoms with Gasteiger partial charge in [0.2, 0.25) is 5.91 Å². The molecule has 0 spiro atoms. The Kier molecular flexibility index (Phi) is 4.06. The first-order valence-electron chi connectivity index (χ1n) is 4.74. The minimum atomic E-state index is -3.65. The molecule has 0 aliphatic rings. The fourth-order valence-electron chi connectivity index (χ4n) is 1.14. The maximum atomic E-state index is 11.8. The molecule has 1 heterocycles. The van der Waals surface area contributed by atoms with E-state index in [1.165, 1.54) is 11.3 Å². The number of nitrogens with one attached hydrogen (secondary N) is 2. The van der Waals surface area contributed by atoms with E-state index in [-0.39, 0.29) is 17.2 Å². The lowest BCUT2D eigenvalue weighted by Crippen LogP contribution is -2.41. The normalized spacial score (nSPS) is 11.4. The van der Waals surface area contributed by atoms with Crippen LogP contribution in [0.25, 0.3) is 0 Å². The molecular formula is C9H14N2O3S2. The van der Waals surface area contributed by atoms with Crippen molar-refractivity contribution < 1.29 is 13.2 Å². The first-order chi connectivity index (χ1) is 7.36. The summed E-state index contributed by atoms with van der Waals surface area (Å²) in [5.74, 6) is -0.367. The van der Waals surface area contributed by atoms with E-state index in [1.807, 2.05) is 6.92 Å². The van der Waals surface area contributed by atoms with Crippen LogP contribution in [0, 0.1) is 13.8 Å². The average molecular weight is 262 g/mol. The van der Waals surface area contributed by atoms with Gasteiger partial charge in [-0.25, -0.2) is 8.42 Å². The summed E-state index contributed by atoms with van der Waals surface area (Å²) in [5.41, 5.74) is 2.14. The lowest BCUT2D eigenvalue weighted by atomic mass is 10.4. The van der Waals surface area contributed by atoms with Gasteiger partial charge in [0.25, 0.3) is 10.0 Å². The predicted molar refractivity (Wildman–Crippen MR) is 62.5 cm³/mol. The van der Waals surface area contributed by atoms with Gasteiger partial charge in [0.05, 0.1) is 4.90 Å². The standard InChI is InChI=1S/C9H14N2O3S2/c1-4-9(12)10-11-16(13,14)8-5-6(2)15-7(8)3/h5,11H,4H2,1-3H3,(H,10,12). The number of carbonyl (C=O) groups is 1. The van der Waals surface area contributed by atoms with Gasteiger partial charge in [-0.2, -0.15) is 0 Å². The molecule has 0 radical (unpaired) electrons. The van der Waals surface area contributed by atoms with Crippen molar-refractivity contribution >= 4 is 27.3 Å². The molecule has 0 saturated heterocycles. The Bertz CT molecular complexity index is 491. The van der Waals surface area contributed by atoms with Crippen LogP contribution in [0.2, 0.25) is 0 Å². The number of hydrazine groups is 1. The lowest BCUT2D eigenvalue weighted by Gasteiger charge is -2.06. The summed E-state index contributed by atoms with van der Waals surface area (Å²) in [6.07, 6.45) is 0.226. The number of thiophene rings is 1. The zero-order valence-electron chi connectivity index (χ0n) is 9.33. The van der Waals surface area contributed by atoms with Crippen LogP contribution in [0.3, 0.4) is 0 Å². The molecule has 1 aromatic heterocycles. The van der Waals surface area contributed by atoms with Crippen LogP contribution in [-0.2, 0) is 14.8 Å². The molecule has 0 aromatic carbocycles. The van der Waals surface area contributed by atoms with Gasteiger partial charge < -0.3 is 0 Å². The first kappa shape index (κ1) is 13.1. The number of hydrogen-bond acceptors (Lipinski definition) is 4. The molecule has 0 aliphatic heterocycles. The highest BCUT2D eigenvalue weighted by atomic mass is 32.2. The molecule has 7 heteroatoms. The number of amides is 1. The Morgan fingerprint density at radius 1 is 1.44 bits per heavy atom. The highest BCUT2D eigenvalue weighted by molar-refractivity contribution is 7.89. The van der Waals surface area contributed by atoms with E-state index in [9.17, 15) is 13.2 Å². The number of hydrogen-bond donors (Lipinski definition) is 2. The Hall–Kier alpha value is -0.920. The number of aryl methyl sites for hydroxylation is 2. The molecule has 5 nitrogen and oxygen atoms in total. The van der Waals surface area contributed by atoms with Crippen molar-refractivity contribution in [1.29, 1.82) is 0 Å². The van der Waals surface area contributed by atoms with Crippen molar-refractivity contribution in [3.8, 4) is 0 Å². The Labute approximate surface area is 98.9 Å². The van der Waals surface area contributed by atoms with Gasteiger partial charge >= 0.3 is 0 Å². The predicted octanol–water partition coefficient (Wildman–Crippen LogP) is 1.08. The van der Waals surface area contributed by atoms with Crippen LogP contribution in [0.4, 0.5) is 0 Å². The lowest BCUT2D eigenvalue weighted by molar-refractivity contribution is -0.121. The molecule has 0 bridgehead atoms. The van der Waals surface area contributed by atoms with Crippen molar-refractivity contribution in [2.24, 2.45) is 0 Å². The fraction of sp³-hybridized carbons (Fsp3) is 0.444. The Morgan fingerprint density at radius 2 is 2.06 bits per heavy atom. The van der Waals surface area contributed by atoms with Crippen molar-refractivity contribution in [2.45, 2.75) is 32.1 Å². The summed E-state index contributed by atoms with van der Waals surface area (Å²) >= 11 is 1.40. The maximum Gasteiger partial charge on any atom is 0.258 e. The molecule has 1 rings (SSSR count). The van der Waals surface area contributed by atoms with E-state index in [0.717, 1.165) is 4.88 Å². The summed E-state index contributed by atoms with van der Waals surface area (Å²) in [6.45, 7) is 5.21. The zero-order valence-corrected chi connectivity index (χ0v) is 11.0. The minimum Gasteiger partial charge on any atom is -0.278 e. The first-order valence-corrected chi connectivity index (χ1v) is 7.04. The number of carbonyl (C=O) groups excluding carboxylic acids is 1. The third kappa shape index (κ3) is 3.03. The van der Waals surface area contributed by atoms with E-state index in [0.29, 0.717) is 4.88 Å². The Balaban J connectivity index is 2.86. The quantitative estimate of drug-likeness (QED) is 0.797. The van der Waals surface area contributed by atoms with Crippen molar-refractivity contribution in [2.75, 3.05) is 0 Å². The second kappa shape index (κ2) is 4.94. The van der Waals surface area contributed by atoms with Gasteiger partial charge in [-0.15, -0.1) is 16.2 Å². The molecule has 16 heavy (non-hydrogen) atoms. The van der Waals surface area contributed by atoms with Gasteiger partial charge in [-0.1, -0.05) is 6.92 Å². The van der Waals surface area contributed by atoms with Crippen LogP contribution < -0.4 is 10.3 Å². The van der Waals surface area contributed by atoms with Crippen molar-refractivity contribution in [1.82, 2.24) is 10.3 Å². The van der Waals surface area contributed by atoms with Crippen LogP contribution in [-0.4, -0.2) is 14.3 Å². The molecule has 0 aliphatic carbocycles. The second-order valence-corrected chi connectivity index (χ2v) is 6.40. The third-order valence-corrected chi connectivity index (χ3v) is 4.40. The van der Waals surface area contributed by atoms with E-state index in [4.69, 9.17) is 0 Å². The van der Waals surface area contributed by atoms with Gasteiger partial charge in [-0.05, 0) is 19.9 Å². The highest BCUT2D eigenvalue weighted by Crippen LogP contribution is 2.24. The summed E-state index contributed by atoms with van der Waals surface area (Å²) < 4.78 is 23.5. The summed E-state index contributed by atoms with van der Waals surface area (Å²) in [6, 6.07) is 1.58. The maximum absolute atomic E-state index is 11.8. The molecule has 2 N–H and O–H groups in total. The molecule has 0 unspecified atom stereocenters.